The number of sulfonamides is 1. The number of rotatable bonds is 6. The summed E-state index contributed by atoms with van der Waals surface area (Å²) < 4.78 is 33.0. The lowest BCUT2D eigenvalue weighted by molar-refractivity contribution is -0.130. The smallest absolute Gasteiger partial charge is 0.338 e. The van der Waals surface area contributed by atoms with Gasteiger partial charge in [0.15, 0.2) is 6.61 Å². The molecule has 33 heavy (non-hydrogen) atoms. The van der Waals surface area contributed by atoms with E-state index in [0.717, 1.165) is 38.5 Å². The van der Waals surface area contributed by atoms with Crippen LogP contribution in [0.2, 0.25) is 0 Å². The van der Waals surface area contributed by atoms with Crippen molar-refractivity contribution in [3.05, 3.63) is 29.3 Å². The molecule has 1 aromatic carbocycles. The Morgan fingerprint density at radius 2 is 1.64 bits per heavy atom. The van der Waals surface area contributed by atoms with Gasteiger partial charge in [0.25, 0.3) is 5.91 Å². The highest BCUT2D eigenvalue weighted by Crippen LogP contribution is 2.55. The minimum atomic E-state index is -3.66. The highest BCUT2D eigenvalue weighted by molar-refractivity contribution is 7.89. The van der Waals surface area contributed by atoms with E-state index >= 15 is 0 Å². The lowest BCUT2D eigenvalue weighted by Crippen LogP contribution is -2.60. The molecule has 8 heteroatoms. The number of hydrogen-bond acceptors (Lipinski definition) is 5. The first kappa shape index (κ1) is 22.8. The van der Waals surface area contributed by atoms with Crippen LogP contribution in [-0.4, -0.2) is 49.8 Å². The maximum absolute atomic E-state index is 13.1. The summed E-state index contributed by atoms with van der Waals surface area (Å²) in [4.78, 5) is 25.5. The van der Waals surface area contributed by atoms with E-state index in [2.05, 4.69) is 5.32 Å². The summed E-state index contributed by atoms with van der Waals surface area (Å²) in [5.74, 6) is 1.20. The summed E-state index contributed by atoms with van der Waals surface area (Å²) in [7, 11) is -3.66. The predicted octanol–water partition coefficient (Wildman–Crippen LogP) is 3.41. The van der Waals surface area contributed by atoms with Gasteiger partial charge >= 0.3 is 5.97 Å². The van der Waals surface area contributed by atoms with Gasteiger partial charge in [0, 0.05) is 18.6 Å². The maximum atomic E-state index is 13.1. The molecule has 180 valence electrons. The largest absolute Gasteiger partial charge is 0.452 e. The number of carbonyl (C=O) groups is 2. The van der Waals surface area contributed by atoms with E-state index in [0.29, 0.717) is 36.4 Å². The number of esters is 1. The molecule has 5 fully saturated rings. The van der Waals surface area contributed by atoms with Gasteiger partial charge < -0.3 is 10.1 Å². The average Bonchev–Trinajstić information content (AvgIpc) is 2.77. The molecular weight excluding hydrogens is 440 g/mol. The van der Waals surface area contributed by atoms with Crippen molar-refractivity contribution in [2.45, 2.75) is 75.1 Å². The van der Waals surface area contributed by atoms with Crippen LogP contribution >= 0.6 is 0 Å². The van der Waals surface area contributed by atoms with Crippen LogP contribution in [0.1, 0.15) is 73.7 Å². The highest BCUT2D eigenvalue weighted by atomic mass is 32.2. The molecule has 1 aromatic rings. The van der Waals surface area contributed by atoms with Gasteiger partial charge in [-0.1, -0.05) is 12.5 Å². The third-order valence-electron chi connectivity index (χ3n) is 8.13. The van der Waals surface area contributed by atoms with Crippen molar-refractivity contribution in [2.24, 2.45) is 17.8 Å². The number of nitrogens with zero attached hydrogens (tertiary/aromatic N) is 1. The number of carbonyl (C=O) groups excluding carboxylic acids is 2. The van der Waals surface area contributed by atoms with Gasteiger partial charge in [-0.15, -0.1) is 0 Å². The zero-order valence-electron chi connectivity index (χ0n) is 19.3. The molecule has 0 unspecified atom stereocenters. The molecule has 7 nitrogen and oxygen atoms in total. The molecule has 0 atom stereocenters. The zero-order valence-corrected chi connectivity index (χ0v) is 20.2. The van der Waals surface area contributed by atoms with Crippen LogP contribution in [0.4, 0.5) is 0 Å². The Hall–Kier alpha value is -1.93. The van der Waals surface area contributed by atoms with Crippen molar-refractivity contribution >= 4 is 21.9 Å². The normalized spacial score (nSPS) is 31.4. The fraction of sp³-hybridized carbons (Fsp3) is 0.680. The van der Waals surface area contributed by atoms with E-state index in [1.807, 2.05) is 0 Å². The first-order valence-corrected chi connectivity index (χ1v) is 13.8. The van der Waals surface area contributed by atoms with Crippen LogP contribution in [0.5, 0.6) is 0 Å². The molecule has 0 spiro atoms. The summed E-state index contributed by atoms with van der Waals surface area (Å²) in [6, 6.07) is 4.57. The predicted molar refractivity (Wildman–Crippen MR) is 123 cm³/mol. The van der Waals surface area contributed by atoms with Crippen molar-refractivity contribution in [2.75, 3.05) is 19.7 Å². The second-order valence-corrected chi connectivity index (χ2v) is 12.7. The lowest BCUT2D eigenvalue weighted by atomic mass is 9.53. The quantitative estimate of drug-likeness (QED) is 0.638. The van der Waals surface area contributed by atoms with Crippen LogP contribution in [0, 0.1) is 24.7 Å². The standard InChI is InChI=1S/C25H34N2O5S/c1-17-5-6-21(12-22(17)33(30,31)27-7-3-2-4-8-27)24(29)32-16-23(28)26-25-13-18-9-19(14-25)11-20(10-18)15-25/h5-6,12,18-20H,2-4,7-11,13-16H2,1H3,(H,26,28). The van der Waals surface area contributed by atoms with Crippen LogP contribution in [0.25, 0.3) is 0 Å². The maximum Gasteiger partial charge on any atom is 0.338 e. The van der Waals surface area contributed by atoms with Crippen molar-refractivity contribution in [3.8, 4) is 0 Å². The Balaban J connectivity index is 1.22. The van der Waals surface area contributed by atoms with Crippen LogP contribution < -0.4 is 5.32 Å². The third-order valence-corrected chi connectivity index (χ3v) is 10.2. The van der Waals surface area contributed by atoms with E-state index in [-0.39, 0.29) is 28.5 Å². The molecule has 1 heterocycles. The molecule has 4 aliphatic carbocycles. The van der Waals surface area contributed by atoms with Gasteiger partial charge in [-0.25, -0.2) is 13.2 Å². The molecule has 6 rings (SSSR count). The highest BCUT2D eigenvalue weighted by Gasteiger charge is 2.51. The number of aryl methyl sites for hydroxylation is 1. The van der Waals surface area contributed by atoms with Crippen molar-refractivity contribution < 1.29 is 22.7 Å². The average molecular weight is 475 g/mol. The zero-order chi connectivity index (χ0) is 23.2. The molecule has 1 amide bonds. The number of nitrogens with one attached hydrogen (secondary N) is 1. The molecular formula is C25H34N2O5S. The molecule has 4 bridgehead atoms. The minimum Gasteiger partial charge on any atom is -0.452 e. The second-order valence-electron chi connectivity index (χ2n) is 10.8. The van der Waals surface area contributed by atoms with Gasteiger partial charge in [-0.3, -0.25) is 4.79 Å². The Kier molecular flexibility index (Phi) is 6.02. The molecule has 1 saturated heterocycles. The molecule has 5 aliphatic rings. The number of ether oxygens (including phenoxy) is 1. The Morgan fingerprint density at radius 3 is 2.24 bits per heavy atom. The van der Waals surface area contributed by atoms with Gasteiger partial charge in [-0.05, 0) is 93.7 Å². The number of benzene rings is 1. The number of amides is 1. The molecule has 1 aliphatic heterocycles. The summed E-state index contributed by atoms with van der Waals surface area (Å²) in [6.45, 7) is 2.38. The van der Waals surface area contributed by atoms with Crippen molar-refractivity contribution in [1.82, 2.24) is 9.62 Å². The lowest BCUT2D eigenvalue weighted by Gasteiger charge is -2.56. The summed E-state index contributed by atoms with van der Waals surface area (Å²) in [6.07, 6.45) is 9.71. The Labute approximate surface area is 196 Å². The topological polar surface area (TPSA) is 92.8 Å². The third kappa shape index (κ3) is 4.56. The number of hydrogen-bond donors (Lipinski definition) is 1. The summed E-state index contributed by atoms with van der Waals surface area (Å²) in [5.41, 5.74) is 0.619. The second kappa shape index (κ2) is 8.69. The van der Waals surface area contributed by atoms with E-state index in [9.17, 15) is 18.0 Å². The van der Waals surface area contributed by atoms with Gasteiger partial charge in [0.2, 0.25) is 10.0 Å². The molecule has 1 N–H and O–H groups in total. The van der Waals surface area contributed by atoms with Crippen molar-refractivity contribution in [3.63, 3.8) is 0 Å². The van der Waals surface area contributed by atoms with Crippen LogP contribution in [0.15, 0.2) is 23.1 Å². The van der Waals surface area contributed by atoms with Gasteiger partial charge in [0.05, 0.1) is 10.5 Å². The van der Waals surface area contributed by atoms with Crippen LogP contribution in [0.3, 0.4) is 0 Å². The molecule has 0 aromatic heterocycles. The fourth-order valence-corrected chi connectivity index (χ4v) is 8.83. The van der Waals surface area contributed by atoms with E-state index in [4.69, 9.17) is 4.74 Å². The first-order valence-electron chi connectivity index (χ1n) is 12.3. The van der Waals surface area contributed by atoms with Crippen LogP contribution in [-0.2, 0) is 19.6 Å². The fourth-order valence-electron chi connectivity index (χ4n) is 7.06. The van der Waals surface area contributed by atoms with E-state index in [1.54, 1.807) is 19.1 Å². The van der Waals surface area contributed by atoms with Gasteiger partial charge in [-0.2, -0.15) is 4.31 Å². The minimum absolute atomic E-state index is 0.127. The summed E-state index contributed by atoms with van der Waals surface area (Å²) in [5, 5.41) is 3.20. The summed E-state index contributed by atoms with van der Waals surface area (Å²) >= 11 is 0. The number of piperidine rings is 1. The van der Waals surface area contributed by atoms with Gasteiger partial charge in [0.1, 0.15) is 0 Å². The van der Waals surface area contributed by atoms with E-state index < -0.39 is 16.0 Å². The first-order chi connectivity index (χ1) is 15.7. The van der Waals surface area contributed by atoms with Crippen molar-refractivity contribution in [1.29, 1.82) is 0 Å². The Morgan fingerprint density at radius 1 is 1.03 bits per heavy atom. The molecule has 0 radical (unpaired) electrons. The van der Waals surface area contributed by atoms with E-state index in [1.165, 1.54) is 29.6 Å². The SMILES string of the molecule is Cc1ccc(C(=O)OCC(=O)NC23CC4CC(CC(C4)C2)C3)cc1S(=O)(=O)N1CCCCC1. The monoisotopic (exact) mass is 474 g/mol. The molecule has 4 saturated carbocycles. The Bertz CT molecular complexity index is 1010.